The third-order valence-corrected chi connectivity index (χ3v) is 5.47. The molecule has 4 heterocycles. The largest absolute Gasteiger partial charge is 0.458 e. The van der Waals surface area contributed by atoms with Gasteiger partial charge in [-0.1, -0.05) is 6.92 Å². The van der Waals surface area contributed by atoms with Gasteiger partial charge in [-0.25, -0.2) is 18.6 Å². The molecule has 2 aromatic heterocycles. The van der Waals surface area contributed by atoms with Crippen LogP contribution in [0.25, 0.3) is 22.3 Å². The summed E-state index contributed by atoms with van der Waals surface area (Å²) in [6.45, 7) is 1.34. The van der Waals surface area contributed by atoms with Crippen LogP contribution in [0.15, 0.2) is 29.0 Å². The van der Waals surface area contributed by atoms with Crippen molar-refractivity contribution >= 4 is 16.9 Å². The first-order valence-corrected chi connectivity index (χ1v) is 8.72. The molecule has 0 amide bonds. The van der Waals surface area contributed by atoms with Crippen LogP contribution < -0.4 is 5.56 Å². The molecule has 0 unspecified atom stereocenters. The SMILES string of the molecule is [3H]c1c2c(nc3c(F)c(F)ccc13)-c1cc3c(c(=O)n1C2)COC(=O)[C@]3(O)CC. The minimum Gasteiger partial charge on any atom is -0.458 e. The lowest BCUT2D eigenvalue weighted by molar-refractivity contribution is -0.172. The van der Waals surface area contributed by atoms with E-state index in [1.165, 1.54) is 16.7 Å². The van der Waals surface area contributed by atoms with Crippen molar-refractivity contribution in [3.63, 3.8) is 0 Å². The van der Waals surface area contributed by atoms with E-state index in [2.05, 4.69) is 4.98 Å². The predicted molar refractivity (Wildman–Crippen MR) is 94.4 cm³/mol. The Hall–Kier alpha value is -3.13. The van der Waals surface area contributed by atoms with E-state index in [-0.39, 0.29) is 59.0 Å². The van der Waals surface area contributed by atoms with Gasteiger partial charge in [0.1, 0.15) is 12.1 Å². The molecule has 0 saturated carbocycles. The molecule has 142 valence electrons. The van der Waals surface area contributed by atoms with E-state index in [0.717, 1.165) is 6.07 Å². The van der Waals surface area contributed by atoms with Crippen molar-refractivity contribution in [2.75, 3.05) is 0 Å². The Morgan fingerprint density at radius 2 is 2.18 bits per heavy atom. The maximum Gasteiger partial charge on any atom is 0.343 e. The van der Waals surface area contributed by atoms with Crippen LogP contribution in [0, 0.1) is 11.6 Å². The fraction of sp³-hybridized carbons (Fsp3) is 0.250. The van der Waals surface area contributed by atoms with Crippen LogP contribution in [0.5, 0.6) is 0 Å². The van der Waals surface area contributed by atoms with Crippen molar-refractivity contribution in [2.24, 2.45) is 0 Å². The number of hydrogen-bond acceptors (Lipinski definition) is 5. The second-order valence-corrected chi connectivity index (χ2v) is 6.92. The van der Waals surface area contributed by atoms with Gasteiger partial charge in [-0.3, -0.25) is 4.79 Å². The number of aliphatic hydroxyl groups is 1. The molecule has 3 aromatic rings. The zero-order chi connectivity index (χ0) is 20.7. The molecule has 0 saturated heterocycles. The van der Waals surface area contributed by atoms with Gasteiger partial charge in [0.2, 0.25) is 0 Å². The van der Waals surface area contributed by atoms with E-state index in [4.69, 9.17) is 6.11 Å². The lowest BCUT2D eigenvalue weighted by atomic mass is 9.86. The van der Waals surface area contributed by atoms with Crippen molar-refractivity contribution in [2.45, 2.75) is 32.1 Å². The van der Waals surface area contributed by atoms with Gasteiger partial charge in [0.05, 0.1) is 24.9 Å². The number of aromatic nitrogens is 2. The number of carbonyl (C=O) groups is 1. The fourth-order valence-electron chi connectivity index (χ4n) is 3.89. The normalized spacial score (nSPS) is 20.4. The molecule has 28 heavy (non-hydrogen) atoms. The Kier molecular flexibility index (Phi) is 3.09. The number of rotatable bonds is 1. The summed E-state index contributed by atoms with van der Waals surface area (Å²) < 4.78 is 42.8. The highest BCUT2D eigenvalue weighted by molar-refractivity contribution is 5.86. The molecule has 2 aliphatic heterocycles. The molecule has 1 N–H and O–H groups in total. The van der Waals surface area contributed by atoms with Crippen molar-refractivity contribution < 1.29 is 24.8 Å². The number of hydrogen-bond donors (Lipinski definition) is 1. The molecule has 0 bridgehead atoms. The van der Waals surface area contributed by atoms with E-state index in [1.54, 1.807) is 6.92 Å². The van der Waals surface area contributed by atoms with Crippen LogP contribution in [0.3, 0.4) is 0 Å². The molecule has 0 fully saturated rings. The number of cyclic esters (lactones) is 1. The summed E-state index contributed by atoms with van der Waals surface area (Å²) in [6, 6.07) is 3.62. The molecule has 0 radical (unpaired) electrons. The lowest BCUT2D eigenvalue weighted by Crippen LogP contribution is -2.44. The Labute approximate surface area is 158 Å². The van der Waals surface area contributed by atoms with Crippen LogP contribution in [0.2, 0.25) is 0 Å². The summed E-state index contributed by atoms with van der Waals surface area (Å²) in [7, 11) is 0. The molecular formula is C20H14F2N2O4. The maximum atomic E-state index is 14.3. The summed E-state index contributed by atoms with van der Waals surface area (Å²) in [6.07, 6.45) is -0.0106. The summed E-state index contributed by atoms with van der Waals surface area (Å²) in [5.74, 6) is -3.12. The Bertz CT molecular complexity index is 1320. The average molecular weight is 386 g/mol. The van der Waals surface area contributed by atoms with Gasteiger partial charge in [-0.15, -0.1) is 0 Å². The zero-order valence-corrected chi connectivity index (χ0v) is 14.7. The van der Waals surface area contributed by atoms with E-state index >= 15 is 0 Å². The minimum absolute atomic E-state index is 0.0106. The highest BCUT2D eigenvalue weighted by atomic mass is 19.2. The van der Waals surface area contributed by atoms with Gasteiger partial charge in [0, 0.05) is 16.5 Å². The number of halogens is 2. The summed E-state index contributed by atoms with van der Waals surface area (Å²) in [5, 5.41) is 11.0. The van der Waals surface area contributed by atoms with Crippen molar-refractivity contribution in [1.29, 1.82) is 0 Å². The van der Waals surface area contributed by atoms with Crippen molar-refractivity contribution in [3.8, 4) is 11.4 Å². The molecule has 1 atom stereocenters. The van der Waals surface area contributed by atoms with Crippen LogP contribution >= 0.6 is 0 Å². The number of pyridine rings is 2. The molecule has 5 rings (SSSR count). The van der Waals surface area contributed by atoms with E-state index in [0.29, 0.717) is 5.56 Å². The Morgan fingerprint density at radius 1 is 1.39 bits per heavy atom. The van der Waals surface area contributed by atoms with Crippen LogP contribution in [-0.2, 0) is 28.3 Å². The predicted octanol–water partition coefficient (Wildman–Crippen LogP) is 2.36. The standard InChI is InChI=1S/C20H14F2N2O4/c1-2-20(27)12-6-14-16-10(5-9-3-4-13(21)15(22)17(9)23-16)7-24(14)18(25)11(12)8-28-19(20)26/h3-6,27H,2,7-8H2,1H3/t20-/m0/s1/i5T. The molecule has 0 spiro atoms. The highest BCUT2D eigenvalue weighted by Crippen LogP contribution is 2.38. The van der Waals surface area contributed by atoms with Crippen molar-refractivity contribution in [1.82, 2.24) is 9.55 Å². The third kappa shape index (κ3) is 2.00. The van der Waals surface area contributed by atoms with Crippen LogP contribution in [0.1, 0.15) is 31.4 Å². The molecule has 6 nitrogen and oxygen atoms in total. The number of benzene rings is 1. The van der Waals surface area contributed by atoms with Gasteiger partial charge in [-0.05, 0) is 30.7 Å². The average Bonchev–Trinajstić information content (AvgIpc) is 3.08. The lowest BCUT2D eigenvalue weighted by Gasteiger charge is -2.31. The van der Waals surface area contributed by atoms with E-state index < -0.39 is 28.8 Å². The topological polar surface area (TPSA) is 81.4 Å². The van der Waals surface area contributed by atoms with Gasteiger partial charge >= 0.3 is 5.97 Å². The maximum absolute atomic E-state index is 14.3. The van der Waals surface area contributed by atoms with Gasteiger partial charge in [-0.2, -0.15) is 0 Å². The number of nitrogens with zero attached hydrogens (tertiary/aromatic N) is 2. The molecular weight excluding hydrogens is 370 g/mol. The summed E-state index contributed by atoms with van der Waals surface area (Å²) in [5.41, 5.74) is -1.72. The molecule has 0 aliphatic carbocycles. The van der Waals surface area contributed by atoms with Gasteiger partial charge in [0.15, 0.2) is 17.2 Å². The Balaban J connectivity index is 1.86. The monoisotopic (exact) mass is 386 g/mol. The second-order valence-electron chi connectivity index (χ2n) is 6.92. The van der Waals surface area contributed by atoms with Crippen molar-refractivity contribution in [3.05, 3.63) is 62.9 Å². The zero-order valence-electron chi connectivity index (χ0n) is 15.7. The molecule has 2 aliphatic rings. The van der Waals surface area contributed by atoms with E-state index in [9.17, 15) is 23.5 Å². The van der Waals surface area contributed by atoms with Gasteiger partial charge < -0.3 is 14.4 Å². The first-order chi connectivity index (χ1) is 13.8. The highest BCUT2D eigenvalue weighted by Gasteiger charge is 2.45. The number of fused-ring (bicyclic) bond motifs is 5. The smallest absolute Gasteiger partial charge is 0.343 e. The first-order valence-electron chi connectivity index (χ1n) is 9.22. The molecule has 8 heteroatoms. The summed E-state index contributed by atoms with van der Waals surface area (Å²) >= 11 is 0. The number of esters is 1. The number of ether oxygens (including phenoxy) is 1. The quantitative estimate of drug-likeness (QED) is 0.508. The Morgan fingerprint density at radius 3 is 2.93 bits per heavy atom. The number of carbonyl (C=O) groups excluding carboxylic acids is 1. The van der Waals surface area contributed by atoms with Crippen LogP contribution in [0.4, 0.5) is 8.78 Å². The third-order valence-electron chi connectivity index (χ3n) is 5.47. The first kappa shape index (κ1) is 15.9. The van der Waals surface area contributed by atoms with Crippen LogP contribution in [-0.4, -0.2) is 20.6 Å². The molecule has 1 aromatic carbocycles. The van der Waals surface area contributed by atoms with Gasteiger partial charge in [0.25, 0.3) is 5.56 Å². The fourth-order valence-corrected chi connectivity index (χ4v) is 3.89. The minimum atomic E-state index is -1.98. The second kappa shape index (κ2) is 5.45. The van der Waals surface area contributed by atoms with E-state index in [1.807, 2.05) is 0 Å². The summed E-state index contributed by atoms with van der Waals surface area (Å²) in [4.78, 5) is 29.4.